The summed E-state index contributed by atoms with van der Waals surface area (Å²) in [6.45, 7) is 0. The topological polar surface area (TPSA) is 0 Å². The lowest BCUT2D eigenvalue weighted by atomic mass is 9.84. The molecule has 0 aliphatic carbocycles. The Kier molecular flexibility index (Phi) is 5.90. The summed E-state index contributed by atoms with van der Waals surface area (Å²) in [6, 6.07) is 61.8. The van der Waals surface area contributed by atoms with E-state index in [1.54, 1.807) is 0 Å². The van der Waals surface area contributed by atoms with E-state index in [0.717, 1.165) is 0 Å². The molecule has 0 fully saturated rings. The molecule has 8 rings (SSSR count). The molecular weight excluding hydrogens is 504 g/mol. The Morgan fingerprint density at radius 2 is 0.833 bits per heavy atom. The lowest BCUT2D eigenvalue weighted by Gasteiger charge is -2.19. The average molecular weight is 533 g/mol. The van der Waals surface area contributed by atoms with Crippen LogP contribution in [0.3, 0.4) is 0 Å². The first-order valence-electron chi connectivity index (χ1n) is 14.5. The second-order valence-electron chi connectivity index (χ2n) is 10.9. The molecule has 196 valence electrons. The maximum atomic E-state index is 2.39. The van der Waals surface area contributed by atoms with Gasteiger partial charge in [-0.2, -0.15) is 0 Å². The Labute approximate surface area is 246 Å². The molecule has 0 amide bonds. The van der Waals surface area contributed by atoms with Gasteiger partial charge in [-0.3, -0.25) is 0 Å². The number of fused-ring (bicyclic) bond motifs is 3. The Hall–Kier alpha value is -5.46. The van der Waals surface area contributed by atoms with Gasteiger partial charge >= 0.3 is 0 Å². The third-order valence-electron chi connectivity index (χ3n) is 8.43. The average Bonchev–Trinajstić information content (AvgIpc) is 3.07. The van der Waals surface area contributed by atoms with Crippen LogP contribution in [-0.2, 0) is 0 Å². The highest BCUT2D eigenvalue weighted by atomic mass is 14.2. The summed E-state index contributed by atoms with van der Waals surface area (Å²) < 4.78 is 0. The van der Waals surface area contributed by atoms with Crippen LogP contribution in [0.1, 0.15) is 0 Å². The summed E-state index contributed by atoms with van der Waals surface area (Å²) in [6.07, 6.45) is 0. The highest BCUT2D eigenvalue weighted by molar-refractivity contribution is 6.20. The van der Waals surface area contributed by atoms with Crippen molar-refractivity contribution >= 4 is 32.3 Å². The zero-order valence-electron chi connectivity index (χ0n) is 23.2. The largest absolute Gasteiger partial charge is 0.0622 e. The van der Waals surface area contributed by atoms with Crippen molar-refractivity contribution in [3.63, 3.8) is 0 Å². The van der Waals surface area contributed by atoms with Crippen molar-refractivity contribution in [2.45, 2.75) is 0 Å². The first kappa shape index (κ1) is 24.3. The van der Waals surface area contributed by atoms with Crippen LogP contribution in [0.15, 0.2) is 170 Å². The predicted molar refractivity (Wildman–Crippen MR) is 181 cm³/mol. The fourth-order valence-corrected chi connectivity index (χ4v) is 6.43. The van der Waals surface area contributed by atoms with Gasteiger partial charge in [0.15, 0.2) is 0 Å². The van der Waals surface area contributed by atoms with Gasteiger partial charge in [-0.1, -0.05) is 152 Å². The second kappa shape index (κ2) is 10.2. The summed E-state index contributed by atoms with van der Waals surface area (Å²) in [5, 5.41) is 7.60. The van der Waals surface area contributed by atoms with Crippen molar-refractivity contribution in [2.75, 3.05) is 0 Å². The molecule has 0 saturated heterocycles. The van der Waals surface area contributed by atoms with E-state index in [2.05, 4.69) is 170 Å². The van der Waals surface area contributed by atoms with Gasteiger partial charge in [0.25, 0.3) is 0 Å². The van der Waals surface area contributed by atoms with Gasteiger partial charge in [-0.15, -0.1) is 0 Å². The first-order chi connectivity index (χ1) is 20.8. The van der Waals surface area contributed by atoms with Crippen LogP contribution in [0.2, 0.25) is 0 Å². The highest BCUT2D eigenvalue weighted by Gasteiger charge is 2.18. The van der Waals surface area contributed by atoms with Crippen molar-refractivity contribution in [2.24, 2.45) is 0 Å². The Bertz CT molecular complexity index is 2220. The molecule has 8 aromatic carbocycles. The molecule has 0 saturated carbocycles. The third-order valence-corrected chi connectivity index (χ3v) is 8.43. The molecule has 0 radical (unpaired) electrons. The maximum absolute atomic E-state index is 2.39. The molecule has 0 aliphatic heterocycles. The monoisotopic (exact) mass is 532 g/mol. The molecule has 0 N–H and O–H groups in total. The van der Waals surface area contributed by atoms with Gasteiger partial charge in [0, 0.05) is 0 Å². The Morgan fingerprint density at radius 3 is 1.62 bits per heavy atom. The van der Waals surface area contributed by atoms with Crippen LogP contribution in [0.5, 0.6) is 0 Å². The van der Waals surface area contributed by atoms with Crippen LogP contribution in [-0.4, -0.2) is 0 Å². The molecule has 0 unspecified atom stereocenters. The van der Waals surface area contributed by atoms with Gasteiger partial charge in [-0.25, -0.2) is 0 Å². The van der Waals surface area contributed by atoms with Crippen molar-refractivity contribution in [3.8, 4) is 44.5 Å². The van der Waals surface area contributed by atoms with Gasteiger partial charge in [0.05, 0.1) is 0 Å². The van der Waals surface area contributed by atoms with E-state index in [4.69, 9.17) is 0 Å². The molecule has 42 heavy (non-hydrogen) atoms. The minimum atomic E-state index is 1.22. The Morgan fingerprint density at radius 1 is 0.262 bits per heavy atom. The summed E-state index contributed by atoms with van der Waals surface area (Å²) >= 11 is 0. The smallest absolute Gasteiger partial charge is 0.00141 e. The van der Waals surface area contributed by atoms with Gasteiger partial charge < -0.3 is 0 Å². The van der Waals surface area contributed by atoms with E-state index in [-0.39, 0.29) is 0 Å². The van der Waals surface area contributed by atoms with E-state index in [1.807, 2.05) is 0 Å². The quantitative estimate of drug-likeness (QED) is 0.198. The van der Waals surface area contributed by atoms with E-state index in [0.29, 0.717) is 0 Å². The van der Waals surface area contributed by atoms with Crippen LogP contribution in [0.25, 0.3) is 76.8 Å². The van der Waals surface area contributed by atoms with Crippen molar-refractivity contribution < 1.29 is 0 Å². The zero-order chi connectivity index (χ0) is 27.9. The molecule has 0 heteroatoms. The van der Waals surface area contributed by atoms with E-state index >= 15 is 0 Å². The summed E-state index contributed by atoms with van der Waals surface area (Å²) in [5.74, 6) is 0. The second-order valence-corrected chi connectivity index (χ2v) is 10.9. The molecule has 0 bridgehead atoms. The lowest BCUT2D eigenvalue weighted by molar-refractivity contribution is 1.61. The van der Waals surface area contributed by atoms with Crippen LogP contribution in [0.4, 0.5) is 0 Å². The molecule has 8 aromatic rings. The molecule has 0 atom stereocenters. The number of benzene rings is 8. The number of rotatable bonds is 4. The van der Waals surface area contributed by atoms with Crippen molar-refractivity contribution in [1.82, 2.24) is 0 Å². The first-order valence-corrected chi connectivity index (χ1v) is 14.5. The highest BCUT2D eigenvalue weighted by Crippen LogP contribution is 2.45. The number of hydrogen-bond donors (Lipinski definition) is 0. The van der Waals surface area contributed by atoms with Crippen LogP contribution < -0.4 is 0 Å². The standard InChI is InChI=1S/C42H28/c1-3-13-30(14-4-1)37-24-25-39(31-15-5-2-6-16-31)42-40(37)28-35-18-9-10-21-38(35)41(42)36-20-11-19-33(27-36)34-23-22-29-12-7-8-17-32(29)26-34/h1-28H. The minimum Gasteiger partial charge on any atom is -0.0622 e. The molecule has 0 heterocycles. The van der Waals surface area contributed by atoms with Gasteiger partial charge in [0.1, 0.15) is 0 Å². The van der Waals surface area contributed by atoms with Crippen LogP contribution in [0, 0.1) is 0 Å². The Balaban J connectivity index is 1.47. The van der Waals surface area contributed by atoms with Crippen molar-refractivity contribution in [3.05, 3.63) is 170 Å². The maximum Gasteiger partial charge on any atom is -0.00141 e. The summed E-state index contributed by atoms with van der Waals surface area (Å²) in [5.41, 5.74) is 9.92. The van der Waals surface area contributed by atoms with Crippen molar-refractivity contribution in [1.29, 1.82) is 0 Å². The molecular formula is C42H28. The van der Waals surface area contributed by atoms with E-state index in [1.165, 1.54) is 76.8 Å². The molecule has 0 aliphatic rings. The van der Waals surface area contributed by atoms with Gasteiger partial charge in [-0.05, 0) is 95.0 Å². The molecule has 0 nitrogen and oxygen atoms in total. The van der Waals surface area contributed by atoms with E-state index < -0.39 is 0 Å². The van der Waals surface area contributed by atoms with Crippen LogP contribution >= 0.6 is 0 Å². The summed E-state index contributed by atoms with van der Waals surface area (Å²) in [7, 11) is 0. The number of hydrogen-bond acceptors (Lipinski definition) is 0. The fraction of sp³-hybridized carbons (Fsp3) is 0. The van der Waals surface area contributed by atoms with E-state index in [9.17, 15) is 0 Å². The van der Waals surface area contributed by atoms with Gasteiger partial charge in [0.2, 0.25) is 0 Å². The zero-order valence-corrected chi connectivity index (χ0v) is 23.2. The normalized spacial score (nSPS) is 11.3. The SMILES string of the molecule is c1ccc(-c2ccc(-c3ccccc3)c3c(-c4cccc(-c5ccc6ccccc6c5)c4)c4ccccc4cc23)cc1. The lowest BCUT2D eigenvalue weighted by Crippen LogP contribution is -1.92. The molecule has 0 spiro atoms. The third kappa shape index (κ3) is 4.17. The minimum absolute atomic E-state index is 1.22. The predicted octanol–water partition coefficient (Wildman–Crippen LogP) is 11.8. The summed E-state index contributed by atoms with van der Waals surface area (Å²) in [4.78, 5) is 0. The fourth-order valence-electron chi connectivity index (χ4n) is 6.43. The molecule has 0 aromatic heterocycles.